The number of pyridine rings is 1. The van der Waals surface area contributed by atoms with Crippen molar-refractivity contribution in [3.05, 3.63) is 48.7 Å². The zero-order valence-corrected chi connectivity index (χ0v) is 15.6. The Balaban J connectivity index is 1.52. The van der Waals surface area contributed by atoms with E-state index < -0.39 is 18.0 Å². The number of alkyl halides is 3. The maximum Gasteiger partial charge on any atom is 0.573 e. The van der Waals surface area contributed by atoms with E-state index in [0.717, 1.165) is 12.1 Å². The third-order valence-electron chi connectivity index (χ3n) is 4.76. The maximum absolute atomic E-state index is 13.2. The summed E-state index contributed by atoms with van der Waals surface area (Å²) in [6, 6.07) is 5.12. The van der Waals surface area contributed by atoms with Gasteiger partial charge in [0.25, 0.3) is 5.91 Å². The standard InChI is InChI=1S/C19H13F3N6O3/c20-19(21,22)31-10-1-2-13-16(5-10)30-4-3-27(13)18(29)11-6-14-12(7-25-11)26-17(23)15-8-24-9-28(14)15/h1-2,5-9H,3-4H2,(H2,23,26). The summed E-state index contributed by atoms with van der Waals surface area (Å²) < 4.78 is 48.5. The van der Waals surface area contributed by atoms with Crippen molar-refractivity contribution < 1.29 is 27.4 Å². The number of aromatic nitrogens is 4. The molecule has 0 saturated heterocycles. The Bertz CT molecular complexity index is 1340. The average molecular weight is 430 g/mol. The number of carbonyl (C=O) groups is 1. The SMILES string of the molecule is Nc1nc2cnc(C(=O)N3CCOc4cc(OC(F)(F)F)ccc43)cc2n2cncc12. The van der Waals surface area contributed by atoms with E-state index in [-0.39, 0.29) is 30.4 Å². The molecule has 1 aliphatic heterocycles. The quantitative estimate of drug-likeness (QED) is 0.521. The minimum Gasteiger partial charge on any atom is -0.489 e. The predicted octanol–water partition coefficient (Wildman–Crippen LogP) is 2.80. The monoisotopic (exact) mass is 430 g/mol. The summed E-state index contributed by atoms with van der Waals surface area (Å²) >= 11 is 0. The van der Waals surface area contributed by atoms with Gasteiger partial charge in [0.05, 0.1) is 36.5 Å². The molecule has 1 aliphatic rings. The van der Waals surface area contributed by atoms with Crippen molar-refractivity contribution in [2.45, 2.75) is 6.36 Å². The normalized spacial score (nSPS) is 13.8. The summed E-state index contributed by atoms with van der Waals surface area (Å²) in [5.74, 6) is -0.491. The number of ether oxygens (including phenoxy) is 2. The molecule has 0 radical (unpaired) electrons. The minimum atomic E-state index is -4.83. The van der Waals surface area contributed by atoms with Gasteiger partial charge in [0.15, 0.2) is 0 Å². The highest BCUT2D eigenvalue weighted by Crippen LogP contribution is 2.37. The van der Waals surface area contributed by atoms with Crippen LogP contribution in [0.25, 0.3) is 16.6 Å². The molecule has 4 heterocycles. The fourth-order valence-electron chi connectivity index (χ4n) is 3.44. The molecule has 4 aromatic rings. The van der Waals surface area contributed by atoms with Crippen LogP contribution in [0.1, 0.15) is 10.5 Å². The average Bonchev–Trinajstić information content (AvgIpc) is 3.22. The summed E-state index contributed by atoms with van der Waals surface area (Å²) in [6.45, 7) is 0.303. The number of hydrogen-bond acceptors (Lipinski definition) is 7. The Morgan fingerprint density at radius 2 is 2.03 bits per heavy atom. The lowest BCUT2D eigenvalue weighted by Gasteiger charge is -2.29. The molecule has 0 spiro atoms. The van der Waals surface area contributed by atoms with Crippen LogP contribution in [0.3, 0.4) is 0 Å². The number of benzene rings is 1. The van der Waals surface area contributed by atoms with Gasteiger partial charge in [0.1, 0.15) is 40.7 Å². The second-order valence-electron chi connectivity index (χ2n) is 6.69. The molecule has 2 N–H and O–H groups in total. The van der Waals surface area contributed by atoms with Gasteiger partial charge in [-0.15, -0.1) is 13.2 Å². The molecule has 158 valence electrons. The molecule has 1 amide bonds. The summed E-state index contributed by atoms with van der Waals surface area (Å²) in [7, 11) is 0. The fourth-order valence-corrected chi connectivity index (χ4v) is 3.44. The van der Waals surface area contributed by atoms with Crippen LogP contribution >= 0.6 is 0 Å². The first-order valence-electron chi connectivity index (χ1n) is 9.02. The molecule has 1 aromatic carbocycles. The summed E-state index contributed by atoms with van der Waals surface area (Å²) in [5, 5.41) is 0. The first kappa shape index (κ1) is 18.9. The first-order chi connectivity index (χ1) is 14.8. The molecule has 3 aromatic heterocycles. The summed E-state index contributed by atoms with van der Waals surface area (Å²) in [6.07, 6.45) is -0.289. The van der Waals surface area contributed by atoms with Gasteiger partial charge < -0.3 is 20.1 Å². The minimum absolute atomic E-state index is 0.103. The number of anilines is 2. The number of rotatable bonds is 2. The van der Waals surface area contributed by atoms with Crippen LogP contribution in [0, 0.1) is 0 Å². The van der Waals surface area contributed by atoms with Gasteiger partial charge in [-0.05, 0) is 18.2 Å². The van der Waals surface area contributed by atoms with E-state index in [1.54, 1.807) is 23.0 Å². The van der Waals surface area contributed by atoms with Crippen molar-refractivity contribution in [2.24, 2.45) is 0 Å². The van der Waals surface area contributed by atoms with Gasteiger partial charge in [-0.1, -0.05) is 0 Å². The second-order valence-corrected chi connectivity index (χ2v) is 6.69. The van der Waals surface area contributed by atoms with Crippen molar-refractivity contribution in [1.29, 1.82) is 0 Å². The van der Waals surface area contributed by atoms with Crippen LogP contribution in [-0.4, -0.2) is 44.8 Å². The van der Waals surface area contributed by atoms with E-state index in [0.29, 0.717) is 22.2 Å². The van der Waals surface area contributed by atoms with Crippen LogP contribution in [0.15, 0.2) is 43.0 Å². The van der Waals surface area contributed by atoms with Crippen molar-refractivity contribution >= 4 is 34.0 Å². The fraction of sp³-hybridized carbons (Fsp3) is 0.158. The number of hydrogen-bond donors (Lipinski definition) is 1. The van der Waals surface area contributed by atoms with Crippen molar-refractivity contribution in [3.63, 3.8) is 0 Å². The Morgan fingerprint density at radius 3 is 2.84 bits per heavy atom. The van der Waals surface area contributed by atoms with Gasteiger partial charge in [-0.3, -0.25) is 9.20 Å². The molecule has 9 nitrogen and oxygen atoms in total. The number of halogens is 3. The van der Waals surface area contributed by atoms with E-state index in [9.17, 15) is 18.0 Å². The van der Waals surface area contributed by atoms with Gasteiger partial charge in [-0.25, -0.2) is 15.0 Å². The highest BCUT2D eigenvalue weighted by molar-refractivity contribution is 6.07. The van der Waals surface area contributed by atoms with Crippen molar-refractivity contribution in [1.82, 2.24) is 19.4 Å². The topological polar surface area (TPSA) is 108 Å². The molecular weight excluding hydrogens is 417 g/mol. The van der Waals surface area contributed by atoms with Gasteiger partial charge in [0, 0.05) is 6.07 Å². The third-order valence-corrected chi connectivity index (χ3v) is 4.76. The molecule has 0 bridgehead atoms. The highest BCUT2D eigenvalue weighted by Gasteiger charge is 2.32. The van der Waals surface area contributed by atoms with Gasteiger partial charge in [-0.2, -0.15) is 0 Å². The Hall–Kier alpha value is -4.09. The van der Waals surface area contributed by atoms with Crippen LogP contribution in [0.5, 0.6) is 11.5 Å². The van der Waals surface area contributed by atoms with E-state index in [4.69, 9.17) is 10.5 Å². The molecule has 0 aliphatic carbocycles. The maximum atomic E-state index is 13.2. The predicted molar refractivity (Wildman–Crippen MR) is 103 cm³/mol. The van der Waals surface area contributed by atoms with E-state index in [1.165, 1.54) is 17.2 Å². The summed E-state index contributed by atoms with van der Waals surface area (Å²) in [5.41, 5.74) is 8.01. The molecule has 0 atom stereocenters. The smallest absolute Gasteiger partial charge is 0.489 e. The number of nitrogens with zero attached hydrogens (tertiary/aromatic N) is 5. The molecule has 0 unspecified atom stereocenters. The molecule has 5 rings (SSSR count). The summed E-state index contributed by atoms with van der Waals surface area (Å²) in [4.78, 5) is 27.1. The first-order valence-corrected chi connectivity index (χ1v) is 9.02. The van der Waals surface area contributed by atoms with Crippen LogP contribution < -0.4 is 20.1 Å². The number of amides is 1. The third kappa shape index (κ3) is 3.31. The molecular formula is C19H13F3N6O3. The van der Waals surface area contributed by atoms with Crippen LogP contribution in [-0.2, 0) is 0 Å². The Morgan fingerprint density at radius 1 is 1.19 bits per heavy atom. The Labute approximate surface area is 171 Å². The number of nitrogen functional groups attached to an aromatic ring is 1. The lowest BCUT2D eigenvalue weighted by Crippen LogP contribution is -2.38. The van der Waals surface area contributed by atoms with Crippen LogP contribution in [0.4, 0.5) is 24.7 Å². The number of nitrogens with two attached hydrogens (primary N) is 1. The molecule has 0 fully saturated rings. The van der Waals surface area contributed by atoms with Crippen LogP contribution in [0.2, 0.25) is 0 Å². The highest BCUT2D eigenvalue weighted by atomic mass is 19.4. The molecule has 12 heteroatoms. The van der Waals surface area contributed by atoms with E-state index in [2.05, 4.69) is 19.7 Å². The van der Waals surface area contributed by atoms with E-state index in [1.807, 2.05) is 0 Å². The number of carbonyl (C=O) groups excluding carboxylic acids is 1. The molecule has 31 heavy (non-hydrogen) atoms. The van der Waals surface area contributed by atoms with Crippen molar-refractivity contribution in [2.75, 3.05) is 23.8 Å². The zero-order valence-electron chi connectivity index (χ0n) is 15.6. The van der Waals surface area contributed by atoms with Gasteiger partial charge in [0.2, 0.25) is 0 Å². The lowest BCUT2D eigenvalue weighted by molar-refractivity contribution is -0.274. The van der Waals surface area contributed by atoms with E-state index >= 15 is 0 Å². The lowest BCUT2D eigenvalue weighted by atomic mass is 10.2. The number of imidazole rings is 1. The van der Waals surface area contributed by atoms with Gasteiger partial charge >= 0.3 is 6.36 Å². The molecule has 0 saturated carbocycles. The largest absolute Gasteiger partial charge is 0.573 e. The zero-order chi connectivity index (χ0) is 21.8. The van der Waals surface area contributed by atoms with Crippen molar-refractivity contribution in [3.8, 4) is 11.5 Å². The second kappa shape index (κ2) is 6.72. The number of fused-ring (bicyclic) bond motifs is 4. The Kier molecular flexibility index (Phi) is 4.10.